The lowest BCUT2D eigenvalue weighted by molar-refractivity contribution is -0.164. The molecule has 1 unspecified atom stereocenters. The predicted octanol–water partition coefficient (Wildman–Crippen LogP) is 4.38. The van der Waals surface area contributed by atoms with E-state index in [-0.39, 0.29) is 0 Å². The number of ether oxygens (including phenoxy) is 2. The van der Waals surface area contributed by atoms with E-state index in [1.165, 1.54) is 7.11 Å². The van der Waals surface area contributed by atoms with Gasteiger partial charge in [-0.25, -0.2) is 4.79 Å². The molecule has 0 bridgehead atoms. The Hall–Kier alpha value is -2.13. The Bertz CT molecular complexity index is 627. The van der Waals surface area contributed by atoms with Gasteiger partial charge in [0.1, 0.15) is 0 Å². The number of rotatable bonds is 4. The van der Waals surface area contributed by atoms with Gasteiger partial charge in [0.15, 0.2) is 6.10 Å². The molecular weight excluding hydrogens is 276 g/mol. The Morgan fingerprint density at radius 1 is 0.955 bits per heavy atom. The highest BCUT2D eigenvalue weighted by molar-refractivity contribution is 5.81. The molecule has 0 fully saturated rings. The Balaban J connectivity index is 2.50. The first kappa shape index (κ1) is 16.2. The van der Waals surface area contributed by atoms with E-state index in [1.54, 1.807) is 0 Å². The van der Waals surface area contributed by atoms with E-state index in [4.69, 9.17) is 9.47 Å². The second-order valence-corrected chi connectivity index (χ2v) is 6.09. The van der Waals surface area contributed by atoms with Crippen LogP contribution < -0.4 is 0 Å². The van der Waals surface area contributed by atoms with Crippen LogP contribution in [-0.4, -0.2) is 18.7 Å². The molecule has 22 heavy (non-hydrogen) atoms. The van der Waals surface area contributed by atoms with Gasteiger partial charge in [0, 0.05) is 0 Å². The topological polar surface area (TPSA) is 35.5 Å². The van der Waals surface area contributed by atoms with Crippen LogP contribution in [0, 0.1) is 0 Å². The molecule has 0 aliphatic carbocycles. The molecule has 0 amide bonds. The van der Waals surface area contributed by atoms with Gasteiger partial charge < -0.3 is 9.47 Å². The summed E-state index contributed by atoms with van der Waals surface area (Å²) in [4.78, 5) is 12.2. The van der Waals surface area contributed by atoms with Crippen molar-refractivity contribution in [2.45, 2.75) is 32.5 Å². The lowest BCUT2D eigenvalue weighted by Crippen LogP contribution is -2.28. The molecule has 0 saturated carbocycles. The van der Waals surface area contributed by atoms with Gasteiger partial charge in [-0.05, 0) is 37.5 Å². The first-order chi connectivity index (χ1) is 10.4. The zero-order valence-electron chi connectivity index (χ0n) is 13.5. The van der Waals surface area contributed by atoms with E-state index >= 15 is 0 Å². The van der Waals surface area contributed by atoms with Crippen LogP contribution in [0.5, 0.6) is 0 Å². The van der Waals surface area contributed by atoms with Gasteiger partial charge in [-0.1, -0.05) is 54.6 Å². The summed E-state index contributed by atoms with van der Waals surface area (Å²) in [6.07, 6.45) is -0.749. The van der Waals surface area contributed by atoms with E-state index in [1.807, 2.05) is 75.4 Å². The van der Waals surface area contributed by atoms with Gasteiger partial charge in [0.05, 0.1) is 12.7 Å². The van der Waals surface area contributed by atoms with Crippen molar-refractivity contribution in [1.82, 2.24) is 0 Å². The molecule has 2 rings (SSSR count). The van der Waals surface area contributed by atoms with Crippen LogP contribution >= 0.6 is 0 Å². The predicted molar refractivity (Wildman–Crippen MR) is 87.5 cm³/mol. The quantitative estimate of drug-likeness (QED) is 0.786. The molecule has 0 aromatic heterocycles. The van der Waals surface area contributed by atoms with E-state index in [0.29, 0.717) is 0 Å². The largest absolute Gasteiger partial charge is 0.467 e. The van der Waals surface area contributed by atoms with Gasteiger partial charge >= 0.3 is 5.97 Å². The van der Waals surface area contributed by atoms with Crippen molar-refractivity contribution >= 4 is 5.97 Å². The van der Waals surface area contributed by atoms with Crippen LogP contribution in [0.25, 0.3) is 11.1 Å². The standard InChI is InChI=1S/C19H22O3/c1-19(2,3)22-17(18(20)21-4)16-13-9-8-12-15(16)14-10-6-5-7-11-14/h5-13,17H,1-4H3. The van der Waals surface area contributed by atoms with Gasteiger partial charge in [-0.3, -0.25) is 0 Å². The summed E-state index contributed by atoms with van der Waals surface area (Å²) in [6.45, 7) is 5.77. The summed E-state index contributed by atoms with van der Waals surface area (Å²) in [7, 11) is 1.38. The summed E-state index contributed by atoms with van der Waals surface area (Å²) >= 11 is 0. The maximum atomic E-state index is 12.2. The molecule has 0 aliphatic rings. The maximum absolute atomic E-state index is 12.2. The summed E-state index contributed by atoms with van der Waals surface area (Å²) in [6, 6.07) is 17.7. The highest BCUT2D eigenvalue weighted by atomic mass is 16.6. The molecule has 0 radical (unpaired) electrons. The van der Waals surface area contributed by atoms with Crippen LogP contribution in [-0.2, 0) is 14.3 Å². The smallest absolute Gasteiger partial charge is 0.339 e. The number of esters is 1. The molecule has 0 aliphatic heterocycles. The third-order valence-corrected chi connectivity index (χ3v) is 3.21. The van der Waals surface area contributed by atoms with Crippen molar-refractivity contribution in [2.24, 2.45) is 0 Å². The van der Waals surface area contributed by atoms with Crippen molar-refractivity contribution < 1.29 is 14.3 Å². The average molecular weight is 298 g/mol. The van der Waals surface area contributed by atoms with Gasteiger partial charge in [0.25, 0.3) is 0 Å². The molecule has 1 atom stereocenters. The molecule has 0 spiro atoms. The molecule has 116 valence electrons. The first-order valence-electron chi connectivity index (χ1n) is 7.32. The first-order valence-corrected chi connectivity index (χ1v) is 7.32. The van der Waals surface area contributed by atoms with E-state index < -0.39 is 17.7 Å². The zero-order chi connectivity index (χ0) is 16.2. The van der Waals surface area contributed by atoms with Crippen LogP contribution in [0.15, 0.2) is 54.6 Å². The van der Waals surface area contributed by atoms with Crippen LogP contribution in [0.4, 0.5) is 0 Å². The number of hydrogen-bond donors (Lipinski definition) is 0. The molecule has 2 aromatic rings. The monoisotopic (exact) mass is 298 g/mol. The zero-order valence-corrected chi connectivity index (χ0v) is 13.5. The average Bonchev–Trinajstić information content (AvgIpc) is 2.52. The highest BCUT2D eigenvalue weighted by Gasteiger charge is 2.29. The van der Waals surface area contributed by atoms with Crippen molar-refractivity contribution in [3.05, 3.63) is 60.2 Å². The summed E-state index contributed by atoms with van der Waals surface area (Å²) in [5.74, 6) is -0.390. The SMILES string of the molecule is COC(=O)C(OC(C)(C)C)c1ccccc1-c1ccccc1. The number of carbonyl (C=O) groups excluding carboxylic acids is 1. The van der Waals surface area contributed by atoms with E-state index in [9.17, 15) is 4.79 Å². The van der Waals surface area contributed by atoms with Crippen molar-refractivity contribution in [3.8, 4) is 11.1 Å². The summed E-state index contributed by atoms with van der Waals surface area (Å²) < 4.78 is 10.9. The van der Waals surface area contributed by atoms with Crippen molar-refractivity contribution in [1.29, 1.82) is 0 Å². The van der Waals surface area contributed by atoms with Crippen LogP contribution in [0.2, 0.25) is 0 Å². The summed E-state index contributed by atoms with van der Waals surface area (Å²) in [5.41, 5.74) is 2.38. The fraction of sp³-hybridized carbons (Fsp3) is 0.316. The molecule has 3 heteroatoms. The van der Waals surface area contributed by atoms with Crippen LogP contribution in [0.3, 0.4) is 0 Å². The second-order valence-electron chi connectivity index (χ2n) is 6.09. The van der Waals surface area contributed by atoms with Gasteiger partial charge in [-0.2, -0.15) is 0 Å². The lowest BCUT2D eigenvalue weighted by atomic mass is 9.95. The lowest BCUT2D eigenvalue weighted by Gasteiger charge is -2.27. The minimum Gasteiger partial charge on any atom is -0.467 e. The minimum atomic E-state index is -0.749. The molecular formula is C19H22O3. The second kappa shape index (κ2) is 6.75. The Morgan fingerprint density at radius 2 is 1.55 bits per heavy atom. The van der Waals surface area contributed by atoms with Crippen molar-refractivity contribution in [2.75, 3.05) is 7.11 Å². The van der Waals surface area contributed by atoms with E-state index in [0.717, 1.165) is 16.7 Å². The highest BCUT2D eigenvalue weighted by Crippen LogP contribution is 2.33. The Kier molecular flexibility index (Phi) is 4.99. The number of carbonyl (C=O) groups is 1. The molecule has 0 N–H and O–H groups in total. The summed E-state index contributed by atoms with van der Waals surface area (Å²) in [5, 5.41) is 0. The fourth-order valence-electron chi connectivity index (χ4n) is 2.31. The van der Waals surface area contributed by atoms with E-state index in [2.05, 4.69) is 0 Å². The Labute approximate surface area is 131 Å². The molecule has 3 nitrogen and oxygen atoms in total. The minimum absolute atomic E-state index is 0.390. The third kappa shape index (κ3) is 3.95. The Morgan fingerprint density at radius 3 is 2.14 bits per heavy atom. The maximum Gasteiger partial charge on any atom is 0.339 e. The molecule has 0 saturated heterocycles. The molecule has 2 aromatic carbocycles. The third-order valence-electron chi connectivity index (χ3n) is 3.21. The molecule has 0 heterocycles. The van der Waals surface area contributed by atoms with Crippen LogP contribution in [0.1, 0.15) is 32.4 Å². The van der Waals surface area contributed by atoms with Gasteiger partial charge in [0.2, 0.25) is 0 Å². The van der Waals surface area contributed by atoms with Crippen molar-refractivity contribution in [3.63, 3.8) is 0 Å². The number of benzene rings is 2. The normalized spacial score (nSPS) is 12.7. The number of hydrogen-bond acceptors (Lipinski definition) is 3. The number of methoxy groups -OCH3 is 1. The van der Waals surface area contributed by atoms with Gasteiger partial charge in [-0.15, -0.1) is 0 Å². The fourth-order valence-corrected chi connectivity index (χ4v) is 2.31.